The molecule has 1 aliphatic rings. The summed E-state index contributed by atoms with van der Waals surface area (Å²) < 4.78 is 35.5. The Morgan fingerprint density at radius 2 is 2.20 bits per heavy atom. The Hall–Kier alpha value is -0.980. The van der Waals surface area contributed by atoms with Crippen LogP contribution in [0.3, 0.4) is 0 Å². The van der Waals surface area contributed by atoms with Gasteiger partial charge in [-0.3, -0.25) is 0 Å². The van der Waals surface area contributed by atoms with Crippen molar-refractivity contribution in [2.24, 2.45) is 5.73 Å². The van der Waals surface area contributed by atoms with Crippen LogP contribution >= 0.6 is 0 Å². The lowest BCUT2D eigenvalue weighted by Gasteiger charge is -2.24. The first kappa shape index (κ1) is 12.1. The highest BCUT2D eigenvalue weighted by molar-refractivity contribution is 5.74. The molecule has 0 aliphatic carbocycles. The molecule has 0 aromatic heterocycles. The van der Waals surface area contributed by atoms with Crippen LogP contribution in [0.2, 0.25) is 0 Å². The van der Waals surface area contributed by atoms with E-state index in [0.717, 1.165) is 12.8 Å². The second-order valence-electron chi connectivity index (χ2n) is 3.50. The van der Waals surface area contributed by atoms with Gasteiger partial charge < -0.3 is 16.0 Å². The minimum absolute atomic E-state index is 0.127. The molecule has 1 heterocycles. The summed E-state index contributed by atoms with van der Waals surface area (Å²) in [7, 11) is 0. The highest BCUT2D eigenvalue weighted by Gasteiger charge is 2.32. The van der Waals surface area contributed by atoms with E-state index in [0.29, 0.717) is 13.1 Å². The molecule has 0 saturated carbocycles. The highest BCUT2D eigenvalue weighted by Crippen LogP contribution is 2.17. The van der Waals surface area contributed by atoms with E-state index in [1.807, 2.05) is 5.32 Å². The molecule has 88 valence electrons. The zero-order chi connectivity index (χ0) is 11.5. The molecule has 1 rings (SSSR count). The number of nitrogens with two attached hydrogens (primary N) is 1. The van der Waals surface area contributed by atoms with E-state index in [9.17, 15) is 18.0 Å². The van der Waals surface area contributed by atoms with Crippen molar-refractivity contribution >= 4 is 6.03 Å². The van der Waals surface area contributed by atoms with Crippen molar-refractivity contribution in [1.29, 1.82) is 0 Å². The lowest BCUT2D eigenvalue weighted by Crippen LogP contribution is -2.47. The van der Waals surface area contributed by atoms with Crippen LogP contribution in [-0.2, 0) is 0 Å². The van der Waals surface area contributed by atoms with Gasteiger partial charge in [0.2, 0.25) is 0 Å². The third-order valence-corrected chi connectivity index (χ3v) is 2.35. The van der Waals surface area contributed by atoms with Gasteiger partial charge in [0.15, 0.2) is 0 Å². The Morgan fingerprint density at radius 3 is 2.73 bits per heavy atom. The largest absolute Gasteiger partial charge is 0.405 e. The van der Waals surface area contributed by atoms with Gasteiger partial charge >= 0.3 is 12.2 Å². The van der Waals surface area contributed by atoms with Crippen molar-refractivity contribution in [3.8, 4) is 0 Å². The molecule has 3 N–H and O–H groups in total. The van der Waals surface area contributed by atoms with Crippen molar-refractivity contribution in [2.45, 2.75) is 25.1 Å². The number of nitrogens with one attached hydrogen (secondary N) is 1. The van der Waals surface area contributed by atoms with Gasteiger partial charge in [-0.05, 0) is 12.8 Å². The number of urea groups is 1. The quantitative estimate of drug-likeness (QED) is 0.726. The van der Waals surface area contributed by atoms with Crippen molar-refractivity contribution in [1.82, 2.24) is 10.2 Å². The summed E-state index contributed by atoms with van der Waals surface area (Å²) in [4.78, 5) is 12.7. The lowest BCUT2D eigenvalue weighted by molar-refractivity contribution is -0.123. The van der Waals surface area contributed by atoms with Crippen LogP contribution < -0.4 is 11.1 Å². The van der Waals surface area contributed by atoms with Gasteiger partial charge in [0.05, 0.1) is 0 Å². The standard InChI is InChI=1S/C8H14F3N3O/c9-8(10,11)5-13-7(15)14-3-1-2-6(14)4-12/h6H,1-5,12H2,(H,13,15). The van der Waals surface area contributed by atoms with E-state index < -0.39 is 18.8 Å². The fraction of sp³-hybridized carbons (Fsp3) is 0.875. The Balaban J connectivity index is 2.40. The molecule has 0 aromatic carbocycles. The molecule has 1 unspecified atom stereocenters. The molecular weight excluding hydrogens is 211 g/mol. The monoisotopic (exact) mass is 225 g/mol. The van der Waals surface area contributed by atoms with Crippen LogP contribution in [0.4, 0.5) is 18.0 Å². The normalized spacial score (nSPS) is 21.9. The van der Waals surface area contributed by atoms with Crippen LogP contribution in [-0.4, -0.2) is 42.8 Å². The minimum atomic E-state index is -4.37. The molecule has 1 aliphatic heterocycles. The van der Waals surface area contributed by atoms with E-state index in [1.165, 1.54) is 4.90 Å². The predicted molar refractivity (Wildman–Crippen MR) is 48.2 cm³/mol. The number of alkyl halides is 3. The maximum absolute atomic E-state index is 11.8. The molecule has 7 heteroatoms. The summed E-state index contributed by atoms with van der Waals surface area (Å²) in [6.45, 7) is -0.523. The van der Waals surface area contributed by atoms with Crippen LogP contribution in [0.1, 0.15) is 12.8 Å². The summed E-state index contributed by atoms with van der Waals surface area (Å²) in [6.07, 6.45) is -2.81. The Labute approximate surface area is 85.6 Å². The van der Waals surface area contributed by atoms with E-state index >= 15 is 0 Å². The summed E-state index contributed by atoms with van der Waals surface area (Å²) in [6, 6.07) is -0.807. The fourth-order valence-electron chi connectivity index (χ4n) is 1.63. The number of rotatable bonds is 2. The third-order valence-electron chi connectivity index (χ3n) is 2.35. The molecule has 0 aromatic rings. The molecular formula is C8H14F3N3O. The lowest BCUT2D eigenvalue weighted by atomic mass is 10.2. The first-order valence-electron chi connectivity index (χ1n) is 4.75. The molecule has 0 radical (unpaired) electrons. The van der Waals surface area contributed by atoms with Crippen molar-refractivity contribution < 1.29 is 18.0 Å². The predicted octanol–water partition coefficient (Wildman–Crippen LogP) is 0.681. The fourth-order valence-corrected chi connectivity index (χ4v) is 1.63. The van der Waals surface area contributed by atoms with Gasteiger partial charge in [0.1, 0.15) is 6.54 Å². The second-order valence-corrected chi connectivity index (χ2v) is 3.50. The number of halogens is 3. The van der Waals surface area contributed by atoms with Crippen molar-refractivity contribution in [3.63, 3.8) is 0 Å². The van der Waals surface area contributed by atoms with Crippen LogP contribution in [0.15, 0.2) is 0 Å². The second kappa shape index (κ2) is 4.69. The zero-order valence-electron chi connectivity index (χ0n) is 8.18. The van der Waals surface area contributed by atoms with Crippen LogP contribution in [0, 0.1) is 0 Å². The summed E-state index contributed by atoms with van der Waals surface area (Å²) >= 11 is 0. The highest BCUT2D eigenvalue weighted by atomic mass is 19.4. The number of carbonyl (C=O) groups excluding carboxylic acids is 1. The SMILES string of the molecule is NCC1CCCN1C(=O)NCC(F)(F)F. The first-order valence-corrected chi connectivity index (χ1v) is 4.75. The summed E-state index contributed by atoms with van der Waals surface area (Å²) in [5, 5.41) is 1.84. The van der Waals surface area contributed by atoms with E-state index in [-0.39, 0.29) is 6.04 Å². The number of hydrogen-bond donors (Lipinski definition) is 2. The van der Waals surface area contributed by atoms with Gasteiger partial charge in [0.25, 0.3) is 0 Å². The van der Waals surface area contributed by atoms with Crippen molar-refractivity contribution in [2.75, 3.05) is 19.6 Å². The van der Waals surface area contributed by atoms with E-state index in [4.69, 9.17) is 5.73 Å². The zero-order valence-corrected chi connectivity index (χ0v) is 8.18. The molecule has 0 spiro atoms. The number of nitrogens with zero attached hydrogens (tertiary/aromatic N) is 1. The molecule has 4 nitrogen and oxygen atoms in total. The van der Waals surface area contributed by atoms with Gasteiger partial charge in [-0.1, -0.05) is 0 Å². The number of carbonyl (C=O) groups is 1. The Morgan fingerprint density at radius 1 is 1.53 bits per heavy atom. The van der Waals surface area contributed by atoms with Crippen LogP contribution in [0.25, 0.3) is 0 Å². The summed E-state index contributed by atoms with van der Waals surface area (Å²) in [5.41, 5.74) is 5.40. The smallest absolute Gasteiger partial charge is 0.329 e. The van der Waals surface area contributed by atoms with Crippen LogP contribution in [0.5, 0.6) is 0 Å². The number of likely N-dealkylation sites (tertiary alicyclic amines) is 1. The molecule has 1 fully saturated rings. The number of hydrogen-bond acceptors (Lipinski definition) is 2. The molecule has 15 heavy (non-hydrogen) atoms. The maximum atomic E-state index is 11.8. The Kier molecular flexibility index (Phi) is 3.78. The topological polar surface area (TPSA) is 58.4 Å². The van der Waals surface area contributed by atoms with Gasteiger partial charge in [-0.15, -0.1) is 0 Å². The summed E-state index contributed by atoms with van der Waals surface area (Å²) in [5.74, 6) is 0. The van der Waals surface area contributed by atoms with Gasteiger partial charge in [-0.25, -0.2) is 4.79 Å². The Bertz CT molecular complexity index is 232. The average molecular weight is 225 g/mol. The third kappa shape index (κ3) is 3.58. The molecule has 2 amide bonds. The maximum Gasteiger partial charge on any atom is 0.405 e. The first-order chi connectivity index (χ1) is 6.94. The molecule has 1 atom stereocenters. The average Bonchev–Trinajstić information content (AvgIpc) is 2.60. The molecule has 0 bridgehead atoms. The van der Waals surface area contributed by atoms with Gasteiger partial charge in [-0.2, -0.15) is 13.2 Å². The van der Waals surface area contributed by atoms with Crippen molar-refractivity contribution in [3.05, 3.63) is 0 Å². The van der Waals surface area contributed by atoms with E-state index in [1.54, 1.807) is 0 Å². The number of amides is 2. The van der Waals surface area contributed by atoms with Gasteiger partial charge in [0, 0.05) is 19.1 Å². The minimum Gasteiger partial charge on any atom is -0.329 e. The van der Waals surface area contributed by atoms with E-state index in [2.05, 4.69) is 0 Å². The molecule has 1 saturated heterocycles.